The van der Waals surface area contributed by atoms with Crippen molar-refractivity contribution in [2.24, 2.45) is 0 Å². The van der Waals surface area contributed by atoms with Crippen LogP contribution in [-0.2, 0) is 9.59 Å². The number of amides is 2. The van der Waals surface area contributed by atoms with E-state index in [-0.39, 0.29) is 17.9 Å². The van der Waals surface area contributed by atoms with Crippen molar-refractivity contribution in [1.82, 2.24) is 15.2 Å². The first-order valence-electron chi connectivity index (χ1n) is 7.63. The van der Waals surface area contributed by atoms with Crippen molar-refractivity contribution in [3.63, 3.8) is 0 Å². The molecule has 2 heterocycles. The van der Waals surface area contributed by atoms with Gasteiger partial charge in [0.2, 0.25) is 11.8 Å². The minimum atomic E-state index is -0.414. The highest BCUT2D eigenvalue weighted by molar-refractivity contribution is 5.97. The Balaban J connectivity index is 2.31. The molecule has 3 unspecified atom stereocenters. The molecule has 5 heteroatoms. The Morgan fingerprint density at radius 3 is 2.67 bits per heavy atom. The molecule has 5 nitrogen and oxygen atoms in total. The van der Waals surface area contributed by atoms with Gasteiger partial charge in [-0.3, -0.25) is 14.6 Å². The lowest BCUT2D eigenvalue weighted by molar-refractivity contribution is -0.152. The van der Waals surface area contributed by atoms with Gasteiger partial charge in [-0.15, -0.1) is 0 Å². The maximum absolute atomic E-state index is 12.7. The van der Waals surface area contributed by atoms with E-state index in [0.717, 1.165) is 12.1 Å². The van der Waals surface area contributed by atoms with E-state index in [1.165, 1.54) is 0 Å². The molecule has 0 saturated carbocycles. The van der Waals surface area contributed by atoms with E-state index in [0.29, 0.717) is 12.8 Å². The van der Waals surface area contributed by atoms with Crippen LogP contribution in [-0.4, -0.2) is 33.8 Å². The molecule has 1 fully saturated rings. The molecule has 114 valence electrons. The van der Waals surface area contributed by atoms with E-state index in [9.17, 15) is 9.59 Å². The topological polar surface area (TPSA) is 62.3 Å². The molecule has 1 aromatic rings. The average Bonchev–Trinajstić information content (AvgIpc) is 2.50. The Bertz CT molecular complexity index is 504. The molecule has 0 aliphatic carbocycles. The number of carbonyl (C=O) groups excluding carboxylic acids is 2. The van der Waals surface area contributed by atoms with Gasteiger partial charge in [0.05, 0.1) is 11.7 Å². The first kappa shape index (κ1) is 15.5. The van der Waals surface area contributed by atoms with Crippen LogP contribution in [0, 0.1) is 0 Å². The summed E-state index contributed by atoms with van der Waals surface area (Å²) < 4.78 is 0. The molecule has 1 aromatic heterocycles. The summed E-state index contributed by atoms with van der Waals surface area (Å²) in [6, 6.07) is 4.62. The molecular formula is C16H23N3O2. The van der Waals surface area contributed by atoms with Crippen LogP contribution in [0.5, 0.6) is 0 Å². The second kappa shape index (κ2) is 6.70. The molecule has 0 aromatic carbocycles. The Labute approximate surface area is 125 Å². The molecule has 1 aliphatic heterocycles. The first-order chi connectivity index (χ1) is 10.1. The lowest BCUT2D eigenvalue weighted by Gasteiger charge is -2.41. The number of carbonyl (C=O) groups is 2. The summed E-state index contributed by atoms with van der Waals surface area (Å²) in [5.41, 5.74) is 0.814. The lowest BCUT2D eigenvalue weighted by Crippen LogP contribution is -2.63. The Hall–Kier alpha value is -1.91. The Morgan fingerprint density at radius 1 is 1.33 bits per heavy atom. The van der Waals surface area contributed by atoms with Crippen molar-refractivity contribution in [3.8, 4) is 0 Å². The van der Waals surface area contributed by atoms with Crippen LogP contribution in [0.2, 0.25) is 0 Å². The predicted molar refractivity (Wildman–Crippen MR) is 80.4 cm³/mol. The molecule has 1 aliphatic rings. The summed E-state index contributed by atoms with van der Waals surface area (Å²) in [5, 5.41) is 2.85. The largest absolute Gasteiger partial charge is 0.343 e. The molecule has 0 bridgehead atoms. The van der Waals surface area contributed by atoms with Gasteiger partial charge < -0.3 is 10.2 Å². The summed E-state index contributed by atoms with van der Waals surface area (Å²) in [4.78, 5) is 31.0. The molecule has 3 atom stereocenters. The summed E-state index contributed by atoms with van der Waals surface area (Å²) in [6.45, 7) is 5.87. The van der Waals surface area contributed by atoms with Crippen LogP contribution in [0.15, 0.2) is 24.4 Å². The van der Waals surface area contributed by atoms with E-state index in [1.807, 2.05) is 39.0 Å². The monoisotopic (exact) mass is 289 g/mol. The third-order valence-electron chi connectivity index (χ3n) is 4.00. The number of pyridine rings is 1. The molecule has 2 rings (SSSR count). The van der Waals surface area contributed by atoms with E-state index in [1.54, 1.807) is 11.1 Å². The van der Waals surface area contributed by atoms with E-state index < -0.39 is 12.1 Å². The Morgan fingerprint density at radius 2 is 2.10 bits per heavy atom. The average molecular weight is 289 g/mol. The molecule has 0 radical (unpaired) electrons. The van der Waals surface area contributed by atoms with Crippen LogP contribution in [0.25, 0.3) is 0 Å². The molecule has 0 spiro atoms. The second-order valence-electron chi connectivity index (χ2n) is 5.45. The van der Waals surface area contributed by atoms with Crippen LogP contribution in [0.1, 0.15) is 51.8 Å². The fourth-order valence-electron chi connectivity index (χ4n) is 2.88. The molecule has 1 saturated heterocycles. The summed E-state index contributed by atoms with van der Waals surface area (Å²) in [5.74, 6) is -0.0558. The molecule has 2 amide bonds. The zero-order valence-electron chi connectivity index (χ0n) is 12.9. The van der Waals surface area contributed by atoms with Gasteiger partial charge in [-0.2, -0.15) is 0 Å². The quantitative estimate of drug-likeness (QED) is 0.902. The van der Waals surface area contributed by atoms with Crippen molar-refractivity contribution in [3.05, 3.63) is 30.1 Å². The minimum Gasteiger partial charge on any atom is -0.343 e. The maximum atomic E-state index is 12.7. The highest BCUT2D eigenvalue weighted by Crippen LogP contribution is 2.26. The van der Waals surface area contributed by atoms with Gasteiger partial charge >= 0.3 is 0 Å². The fraction of sp³-hybridized carbons (Fsp3) is 0.562. The van der Waals surface area contributed by atoms with Crippen molar-refractivity contribution in [1.29, 1.82) is 0 Å². The van der Waals surface area contributed by atoms with Gasteiger partial charge in [0.25, 0.3) is 0 Å². The van der Waals surface area contributed by atoms with Gasteiger partial charge in [-0.05, 0) is 31.9 Å². The third kappa shape index (κ3) is 3.06. The van der Waals surface area contributed by atoms with Crippen LogP contribution >= 0.6 is 0 Å². The van der Waals surface area contributed by atoms with Crippen LogP contribution in [0.3, 0.4) is 0 Å². The lowest BCUT2D eigenvalue weighted by atomic mass is 9.98. The van der Waals surface area contributed by atoms with Crippen molar-refractivity contribution in [2.45, 2.75) is 58.2 Å². The summed E-state index contributed by atoms with van der Waals surface area (Å²) in [7, 11) is 0. The van der Waals surface area contributed by atoms with Gasteiger partial charge in [0.15, 0.2) is 0 Å². The number of nitrogens with one attached hydrogen (secondary N) is 1. The molecular weight excluding hydrogens is 266 g/mol. The highest BCUT2D eigenvalue weighted by atomic mass is 16.2. The number of nitrogens with zero attached hydrogens (tertiary/aromatic N) is 2. The van der Waals surface area contributed by atoms with Crippen molar-refractivity contribution in [2.75, 3.05) is 0 Å². The number of rotatable bonds is 5. The van der Waals surface area contributed by atoms with Gasteiger partial charge in [0.1, 0.15) is 12.1 Å². The first-order valence-corrected chi connectivity index (χ1v) is 7.63. The van der Waals surface area contributed by atoms with Gasteiger partial charge in [-0.1, -0.05) is 26.3 Å². The number of aromatic nitrogens is 1. The SMILES string of the molecule is CCCC1NC(=O)C(CC)N(C(C)c2ccccn2)C1=O. The molecule has 1 N–H and O–H groups in total. The third-order valence-corrected chi connectivity index (χ3v) is 4.00. The predicted octanol–water partition coefficient (Wildman–Crippen LogP) is 2.05. The Kier molecular flexibility index (Phi) is 4.94. The summed E-state index contributed by atoms with van der Waals surface area (Å²) in [6.07, 6.45) is 3.85. The van der Waals surface area contributed by atoms with Crippen LogP contribution in [0.4, 0.5) is 0 Å². The number of hydrogen-bond acceptors (Lipinski definition) is 3. The summed E-state index contributed by atoms with van der Waals surface area (Å²) >= 11 is 0. The number of piperazine rings is 1. The van der Waals surface area contributed by atoms with E-state index >= 15 is 0 Å². The minimum absolute atomic E-state index is 0.00135. The van der Waals surface area contributed by atoms with E-state index in [2.05, 4.69) is 10.3 Å². The standard InChI is InChI=1S/C16H23N3O2/c1-4-8-13-16(21)19(14(5-2)15(20)18-13)11(3)12-9-6-7-10-17-12/h6-7,9-11,13-14H,4-5,8H2,1-3H3,(H,18,20). The van der Waals surface area contributed by atoms with Gasteiger partial charge in [-0.25, -0.2) is 0 Å². The van der Waals surface area contributed by atoms with Gasteiger partial charge in [0, 0.05) is 6.20 Å². The molecule has 21 heavy (non-hydrogen) atoms. The van der Waals surface area contributed by atoms with Crippen molar-refractivity contribution >= 4 is 11.8 Å². The smallest absolute Gasteiger partial charge is 0.246 e. The van der Waals surface area contributed by atoms with E-state index in [4.69, 9.17) is 0 Å². The zero-order chi connectivity index (χ0) is 15.4. The van der Waals surface area contributed by atoms with Crippen molar-refractivity contribution < 1.29 is 9.59 Å². The fourth-order valence-corrected chi connectivity index (χ4v) is 2.88. The normalized spacial score (nSPS) is 23.9. The number of hydrogen-bond donors (Lipinski definition) is 1. The van der Waals surface area contributed by atoms with Crippen LogP contribution < -0.4 is 5.32 Å². The highest BCUT2D eigenvalue weighted by Gasteiger charge is 2.41. The zero-order valence-corrected chi connectivity index (χ0v) is 12.9. The maximum Gasteiger partial charge on any atom is 0.246 e. The second-order valence-corrected chi connectivity index (χ2v) is 5.45.